The Hall–Kier alpha value is -3.47. The first-order valence-corrected chi connectivity index (χ1v) is 12.1. The second-order valence-electron chi connectivity index (χ2n) is 9.14. The minimum atomic E-state index is -0.0172. The average Bonchev–Trinajstić information content (AvgIpc) is 3.36. The fourth-order valence-corrected chi connectivity index (χ4v) is 5.20. The number of nitriles is 1. The molecule has 0 radical (unpaired) electrons. The topological polar surface area (TPSA) is 87.9 Å². The van der Waals surface area contributed by atoms with Gasteiger partial charge in [0.25, 0.3) is 0 Å². The molecule has 1 amide bonds. The summed E-state index contributed by atoms with van der Waals surface area (Å²) in [7, 11) is 1.50. The highest BCUT2D eigenvalue weighted by Crippen LogP contribution is 2.40. The lowest BCUT2D eigenvalue weighted by Crippen LogP contribution is -2.36. The molecule has 8 heteroatoms. The third-order valence-electron chi connectivity index (χ3n) is 6.97. The molecule has 1 saturated carbocycles. The number of hydrogen-bond donors (Lipinski definition) is 0. The number of rotatable bonds is 5. The van der Waals surface area contributed by atoms with Gasteiger partial charge in [-0.15, -0.1) is 0 Å². The molecule has 2 fully saturated rings. The van der Waals surface area contributed by atoms with E-state index < -0.39 is 0 Å². The van der Waals surface area contributed by atoms with Gasteiger partial charge < -0.3 is 24.0 Å². The Bertz CT molecular complexity index is 1090. The van der Waals surface area contributed by atoms with E-state index in [-0.39, 0.29) is 12.0 Å². The predicted molar refractivity (Wildman–Crippen MR) is 127 cm³/mol. The van der Waals surface area contributed by atoms with E-state index in [0.29, 0.717) is 37.0 Å². The number of carbonyl (C=O) groups excluding carboxylic acids is 1. The molecule has 0 spiro atoms. The maximum Gasteiger partial charge on any atom is 0.231 e. The highest BCUT2D eigenvalue weighted by atomic mass is 16.5. The fourth-order valence-electron chi connectivity index (χ4n) is 5.20. The molecule has 178 valence electrons. The van der Waals surface area contributed by atoms with Crippen LogP contribution >= 0.6 is 0 Å². The van der Waals surface area contributed by atoms with Gasteiger partial charge in [0.05, 0.1) is 37.8 Å². The molecule has 2 aliphatic heterocycles. The van der Waals surface area contributed by atoms with Crippen LogP contribution in [-0.4, -0.2) is 55.2 Å². The molecule has 8 nitrogen and oxygen atoms in total. The smallest absolute Gasteiger partial charge is 0.231 e. The van der Waals surface area contributed by atoms with Crippen molar-refractivity contribution in [2.24, 2.45) is 5.92 Å². The van der Waals surface area contributed by atoms with Gasteiger partial charge >= 0.3 is 0 Å². The third kappa shape index (κ3) is 4.47. The Balaban J connectivity index is 1.30. The van der Waals surface area contributed by atoms with Gasteiger partial charge in [0.1, 0.15) is 35.8 Å². The minimum absolute atomic E-state index is 0.0172. The van der Waals surface area contributed by atoms with E-state index in [1.807, 2.05) is 23.1 Å². The lowest BCUT2D eigenvalue weighted by Gasteiger charge is -2.31. The van der Waals surface area contributed by atoms with Crippen LogP contribution < -0.4 is 19.1 Å². The molecule has 1 saturated heterocycles. The van der Waals surface area contributed by atoms with Crippen LogP contribution in [0.3, 0.4) is 0 Å². The Labute approximate surface area is 200 Å². The minimum Gasteiger partial charge on any atom is -0.490 e. The van der Waals surface area contributed by atoms with E-state index >= 15 is 0 Å². The van der Waals surface area contributed by atoms with E-state index in [9.17, 15) is 10.1 Å². The maximum absolute atomic E-state index is 12.9. The van der Waals surface area contributed by atoms with Crippen LogP contribution in [0, 0.1) is 17.2 Å². The summed E-state index contributed by atoms with van der Waals surface area (Å²) < 4.78 is 17.3. The second kappa shape index (κ2) is 9.80. The van der Waals surface area contributed by atoms with Crippen molar-refractivity contribution >= 4 is 17.3 Å². The van der Waals surface area contributed by atoms with E-state index in [2.05, 4.69) is 16.0 Å². The summed E-state index contributed by atoms with van der Waals surface area (Å²) in [5, 5.41) is 9.45. The number of nitrogens with zero attached hydrogens (tertiary/aromatic N) is 4. The van der Waals surface area contributed by atoms with Crippen LogP contribution in [0.4, 0.5) is 11.4 Å². The van der Waals surface area contributed by atoms with Gasteiger partial charge in [-0.05, 0) is 31.0 Å². The van der Waals surface area contributed by atoms with Crippen LogP contribution in [0.25, 0.3) is 0 Å². The number of likely N-dealkylation sites (tertiary alicyclic amines) is 1. The summed E-state index contributed by atoms with van der Waals surface area (Å²) in [5.41, 5.74) is 2.05. The Kier molecular flexibility index (Phi) is 6.43. The monoisotopic (exact) mass is 462 g/mol. The largest absolute Gasteiger partial charge is 0.490 e. The lowest BCUT2D eigenvalue weighted by molar-refractivity contribution is -0.135. The van der Waals surface area contributed by atoms with Gasteiger partial charge in [0, 0.05) is 24.9 Å². The number of hydrogen-bond acceptors (Lipinski definition) is 7. The summed E-state index contributed by atoms with van der Waals surface area (Å²) in [5.74, 6) is 2.31. The van der Waals surface area contributed by atoms with Crippen molar-refractivity contribution in [2.45, 2.75) is 44.6 Å². The van der Waals surface area contributed by atoms with Gasteiger partial charge in [-0.2, -0.15) is 5.26 Å². The zero-order valence-corrected chi connectivity index (χ0v) is 19.5. The molecule has 0 bridgehead atoms. The number of aromatic nitrogens is 1. The molecule has 0 N–H and O–H groups in total. The van der Waals surface area contributed by atoms with Gasteiger partial charge in [0.15, 0.2) is 0 Å². The van der Waals surface area contributed by atoms with Gasteiger partial charge in [-0.25, -0.2) is 4.98 Å². The first-order chi connectivity index (χ1) is 16.7. The van der Waals surface area contributed by atoms with Crippen LogP contribution in [0.2, 0.25) is 0 Å². The molecular weight excluding hydrogens is 432 g/mol. The van der Waals surface area contributed by atoms with Gasteiger partial charge in [-0.3, -0.25) is 4.79 Å². The number of benzene rings is 1. The van der Waals surface area contributed by atoms with Crippen molar-refractivity contribution in [3.8, 4) is 23.4 Å². The molecule has 1 aliphatic carbocycles. The molecule has 1 atom stereocenters. The van der Waals surface area contributed by atoms with E-state index in [0.717, 1.165) is 61.5 Å². The molecule has 3 aliphatic rings. The van der Waals surface area contributed by atoms with Crippen molar-refractivity contribution in [1.82, 2.24) is 9.88 Å². The normalized spacial score (nSPS) is 20.3. The summed E-state index contributed by atoms with van der Waals surface area (Å²) in [6.45, 7) is 2.56. The van der Waals surface area contributed by atoms with Crippen molar-refractivity contribution in [2.75, 3.05) is 38.3 Å². The maximum atomic E-state index is 12.9. The number of methoxy groups -OCH3 is 1. The standard InChI is InChI=1S/C26H30N4O4/c1-32-25-19(15-27)13-20(16-28-25)30-11-12-33-24-8-7-21(14-23(24)30)34-22-9-10-29(17-22)26(31)18-5-3-2-4-6-18/h7-8,13-14,16,18,22H,2-6,9-12,17H2,1H3/t22-/m0/s1. The van der Waals surface area contributed by atoms with Crippen molar-refractivity contribution in [3.05, 3.63) is 36.0 Å². The van der Waals surface area contributed by atoms with Crippen LogP contribution in [0.15, 0.2) is 30.5 Å². The van der Waals surface area contributed by atoms with Crippen molar-refractivity contribution in [1.29, 1.82) is 5.26 Å². The molecule has 1 aromatic heterocycles. The zero-order valence-electron chi connectivity index (χ0n) is 19.5. The van der Waals surface area contributed by atoms with Crippen molar-refractivity contribution in [3.63, 3.8) is 0 Å². The van der Waals surface area contributed by atoms with E-state index in [4.69, 9.17) is 14.2 Å². The first-order valence-electron chi connectivity index (χ1n) is 12.1. The molecular formula is C26H30N4O4. The number of carbonyl (C=O) groups is 1. The Morgan fingerprint density at radius 1 is 1.18 bits per heavy atom. The quantitative estimate of drug-likeness (QED) is 0.662. The lowest BCUT2D eigenvalue weighted by atomic mass is 9.88. The second-order valence-corrected chi connectivity index (χ2v) is 9.14. The van der Waals surface area contributed by atoms with Crippen LogP contribution in [0.5, 0.6) is 17.4 Å². The van der Waals surface area contributed by atoms with Crippen LogP contribution in [0.1, 0.15) is 44.1 Å². The molecule has 5 rings (SSSR count). The average molecular weight is 463 g/mol. The number of amides is 1. The summed E-state index contributed by atoms with van der Waals surface area (Å²) >= 11 is 0. The SMILES string of the molecule is COc1ncc(N2CCOc3ccc(O[C@H]4CCN(C(=O)C5CCCCC5)C4)cc32)cc1C#N. The van der Waals surface area contributed by atoms with E-state index in [1.165, 1.54) is 13.5 Å². The van der Waals surface area contributed by atoms with Crippen LogP contribution in [-0.2, 0) is 4.79 Å². The molecule has 34 heavy (non-hydrogen) atoms. The molecule has 0 unspecified atom stereocenters. The third-order valence-corrected chi connectivity index (χ3v) is 6.97. The summed E-state index contributed by atoms with van der Waals surface area (Å²) in [6.07, 6.45) is 8.15. The Morgan fingerprint density at radius 3 is 2.82 bits per heavy atom. The molecule has 1 aromatic carbocycles. The van der Waals surface area contributed by atoms with Crippen molar-refractivity contribution < 1.29 is 19.0 Å². The zero-order chi connectivity index (χ0) is 23.5. The molecule has 3 heterocycles. The van der Waals surface area contributed by atoms with E-state index in [1.54, 1.807) is 12.3 Å². The number of ether oxygens (including phenoxy) is 3. The van der Waals surface area contributed by atoms with Gasteiger partial charge in [-0.1, -0.05) is 19.3 Å². The fraction of sp³-hybridized carbons (Fsp3) is 0.500. The number of anilines is 2. The summed E-state index contributed by atoms with van der Waals surface area (Å²) in [4.78, 5) is 21.2. The number of fused-ring (bicyclic) bond motifs is 1. The Morgan fingerprint density at radius 2 is 2.03 bits per heavy atom. The highest BCUT2D eigenvalue weighted by Gasteiger charge is 2.32. The molecule has 2 aromatic rings. The van der Waals surface area contributed by atoms with Gasteiger partial charge in [0.2, 0.25) is 11.8 Å². The summed E-state index contributed by atoms with van der Waals surface area (Å²) in [6, 6.07) is 9.72. The highest BCUT2D eigenvalue weighted by molar-refractivity contribution is 5.79. The number of pyridine rings is 1. The predicted octanol–water partition coefficient (Wildman–Crippen LogP) is 4.05. The first kappa shape index (κ1) is 22.3.